The van der Waals surface area contributed by atoms with E-state index in [-0.39, 0.29) is 5.82 Å². The Labute approximate surface area is 117 Å². The number of hydrogen-bond donors (Lipinski definition) is 1. The average molecular weight is 314 g/mol. The lowest BCUT2D eigenvalue weighted by Crippen LogP contribution is -2.33. The second-order valence-corrected chi connectivity index (χ2v) is 6.21. The maximum absolute atomic E-state index is 13.1. The first kappa shape index (κ1) is 14.0. The number of halogens is 2. The molecule has 1 fully saturated rings. The minimum Gasteiger partial charge on any atom is -0.310 e. The summed E-state index contributed by atoms with van der Waals surface area (Å²) in [5, 5.41) is 3.63. The van der Waals surface area contributed by atoms with E-state index in [2.05, 4.69) is 28.2 Å². The first-order valence-corrected chi connectivity index (χ1v) is 7.63. The normalized spacial score (nSPS) is 24.8. The Kier molecular flexibility index (Phi) is 5.19. The van der Waals surface area contributed by atoms with Crippen LogP contribution in [0.2, 0.25) is 0 Å². The van der Waals surface area contributed by atoms with E-state index in [0.29, 0.717) is 10.5 Å². The predicted octanol–water partition coefficient (Wildman–Crippen LogP) is 4.65. The first-order valence-electron chi connectivity index (χ1n) is 6.84. The Hall–Kier alpha value is -0.410. The highest BCUT2D eigenvalue weighted by molar-refractivity contribution is 9.10. The smallest absolute Gasteiger partial charge is 0.137 e. The molecular weight excluding hydrogens is 293 g/mol. The van der Waals surface area contributed by atoms with Gasteiger partial charge in [0.1, 0.15) is 5.82 Å². The van der Waals surface area contributed by atoms with Gasteiger partial charge in [-0.2, -0.15) is 0 Å². The monoisotopic (exact) mass is 313 g/mol. The summed E-state index contributed by atoms with van der Waals surface area (Å²) in [5.74, 6) is 0.554. The van der Waals surface area contributed by atoms with Gasteiger partial charge >= 0.3 is 0 Å². The van der Waals surface area contributed by atoms with Crippen LogP contribution in [0.3, 0.4) is 0 Å². The molecule has 1 aromatic rings. The molecule has 0 bridgehead atoms. The Morgan fingerprint density at radius 2 is 2.06 bits per heavy atom. The van der Waals surface area contributed by atoms with E-state index in [1.807, 2.05) is 12.1 Å². The number of benzene rings is 1. The third-order valence-electron chi connectivity index (χ3n) is 3.91. The number of rotatable bonds is 3. The van der Waals surface area contributed by atoms with Crippen LogP contribution in [0.5, 0.6) is 0 Å². The Morgan fingerprint density at radius 1 is 1.28 bits per heavy atom. The van der Waals surface area contributed by atoms with Crippen LogP contribution < -0.4 is 5.32 Å². The van der Waals surface area contributed by atoms with Crippen LogP contribution in [0.4, 0.5) is 4.39 Å². The SMILES string of the molecule is CC1CCCCCC1NCc1ccc(F)c(Br)c1. The van der Waals surface area contributed by atoms with Gasteiger partial charge in [-0.25, -0.2) is 4.39 Å². The van der Waals surface area contributed by atoms with Crippen molar-refractivity contribution in [3.8, 4) is 0 Å². The molecule has 1 nitrogen and oxygen atoms in total. The van der Waals surface area contributed by atoms with Gasteiger partial charge in [0.25, 0.3) is 0 Å². The third-order valence-corrected chi connectivity index (χ3v) is 4.52. The van der Waals surface area contributed by atoms with Crippen molar-refractivity contribution in [3.05, 3.63) is 34.1 Å². The van der Waals surface area contributed by atoms with Crippen LogP contribution >= 0.6 is 15.9 Å². The molecule has 0 aromatic heterocycles. The van der Waals surface area contributed by atoms with Gasteiger partial charge in [-0.15, -0.1) is 0 Å². The summed E-state index contributed by atoms with van der Waals surface area (Å²) in [4.78, 5) is 0. The van der Waals surface area contributed by atoms with Crippen molar-refractivity contribution in [2.45, 2.75) is 51.6 Å². The molecule has 0 saturated heterocycles. The van der Waals surface area contributed by atoms with E-state index in [9.17, 15) is 4.39 Å². The molecule has 18 heavy (non-hydrogen) atoms. The fourth-order valence-corrected chi connectivity index (χ4v) is 3.12. The molecule has 0 aliphatic heterocycles. The minimum absolute atomic E-state index is 0.193. The van der Waals surface area contributed by atoms with Gasteiger partial charge in [0, 0.05) is 12.6 Å². The fourth-order valence-electron chi connectivity index (χ4n) is 2.69. The van der Waals surface area contributed by atoms with Gasteiger partial charge in [-0.1, -0.05) is 32.3 Å². The molecule has 0 amide bonds. The van der Waals surface area contributed by atoms with Crippen LogP contribution in [-0.4, -0.2) is 6.04 Å². The summed E-state index contributed by atoms with van der Waals surface area (Å²) in [5.41, 5.74) is 1.14. The van der Waals surface area contributed by atoms with Gasteiger partial charge in [0.15, 0.2) is 0 Å². The summed E-state index contributed by atoms with van der Waals surface area (Å²) in [6.45, 7) is 3.16. The highest BCUT2D eigenvalue weighted by atomic mass is 79.9. The Bertz CT molecular complexity index is 394. The second kappa shape index (κ2) is 6.67. The quantitative estimate of drug-likeness (QED) is 0.801. The molecule has 1 N–H and O–H groups in total. The highest BCUT2D eigenvalue weighted by Gasteiger charge is 2.19. The molecule has 3 heteroatoms. The molecule has 1 aliphatic carbocycles. The zero-order valence-corrected chi connectivity index (χ0v) is 12.5. The van der Waals surface area contributed by atoms with Crippen LogP contribution in [0.25, 0.3) is 0 Å². The molecule has 100 valence electrons. The topological polar surface area (TPSA) is 12.0 Å². The Morgan fingerprint density at radius 3 is 2.83 bits per heavy atom. The summed E-state index contributed by atoms with van der Waals surface area (Å²) in [6.07, 6.45) is 6.65. The van der Waals surface area contributed by atoms with Crippen molar-refractivity contribution in [1.29, 1.82) is 0 Å². The van der Waals surface area contributed by atoms with Crippen LogP contribution in [0.15, 0.2) is 22.7 Å². The predicted molar refractivity (Wildman–Crippen MR) is 77.0 cm³/mol. The van der Waals surface area contributed by atoms with E-state index in [1.165, 1.54) is 38.2 Å². The first-order chi connectivity index (χ1) is 8.66. The van der Waals surface area contributed by atoms with Gasteiger partial charge in [0.05, 0.1) is 4.47 Å². The summed E-state index contributed by atoms with van der Waals surface area (Å²) >= 11 is 3.23. The standard InChI is InChI=1S/C15H21BrFN/c1-11-5-3-2-4-6-15(11)18-10-12-7-8-14(17)13(16)9-12/h7-9,11,15,18H,2-6,10H2,1H3. The molecule has 1 aromatic carbocycles. The van der Waals surface area contributed by atoms with Gasteiger partial charge < -0.3 is 5.32 Å². The summed E-state index contributed by atoms with van der Waals surface area (Å²) < 4.78 is 13.7. The lowest BCUT2D eigenvalue weighted by atomic mass is 9.97. The summed E-state index contributed by atoms with van der Waals surface area (Å²) in [7, 11) is 0. The van der Waals surface area contributed by atoms with Gasteiger partial charge in [0.2, 0.25) is 0 Å². The van der Waals surface area contributed by atoms with Crippen LogP contribution in [0.1, 0.15) is 44.6 Å². The number of nitrogens with one attached hydrogen (secondary N) is 1. The highest BCUT2D eigenvalue weighted by Crippen LogP contribution is 2.23. The van der Waals surface area contributed by atoms with E-state index >= 15 is 0 Å². The Balaban J connectivity index is 1.91. The van der Waals surface area contributed by atoms with Crippen LogP contribution in [-0.2, 0) is 6.54 Å². The maximum atomic E-state index is 13.1. The largest absolute Gasteiger partial charge is 0.310 e. The zero-order valence-electron chi connectivity index (χ0n) is 10.9. The van der Waals surface area contributed by atoms with E-state index in [1.54, 1.807) is 0 Å². The van der Waals surface area contributed by atoms with Crippen LogP contribution in [0, 0.1) is 11.7 Å². The lowest BCUT2D eigenvalue weighted by molar-refractivity contribution is 0.356. The molecule has 2 unspecified atom stereocenters. The molecule has 0 heterocycles. The van der Waals surface area contributed by atoms with Crippen molar-refractivity contribution >= 4 is 15.9 Å². The van der Waals surface area contributed by atoms with Crippen molar-refractivity contribution in [2.24, 2.45) is 5.92 Å². The second-order valence-electron chi connectivity index (χ2n) is 5.35. The lowest BCUT2D eigenvalue weighted by Gasteiger charge is -2.23. The molecular formula is C15H21BrFN. The molecule has 0 spiro atoms. The van der Waals surface area contributed by atoms with Gasteiger partial charge in [-0.05, 0) is 52.4 Å². The average Bonchev–Trinajstić information content (AvgIpc) is 2.56. The summed E-state index contributed by atoms with van der Waals surface area (Å²) in [6, 6.07) is 5.85. The molecule has 0 radical (unpaired) electrons. The molecule has 1 saturated carbocycles. The van der Waals surface area contributed by atoms with E-state index < -0.39 is 0 Å². The van der Waals surface area contributed by atoms with E-state index in [0.717, 1.165) is 18.0 Å². The fraction of sp³-hybridized carbons (Fsp3) is 0.600. The minimum atomic E-state index is -0.193. The molecule has 1 aliphatic rings. The van der Waals surface area contributed by atoms with Crippen molar-refractivity contribution in [3.63, 3.8) is 0 Å². The number of hydrogen-bond acceptors (Lipinski definition) is 1. The molecule has 2 rings (SSSR count). The van der Waals surface area contributed by atoms with Gasteiger partial charge in [-0.3, -0.25) is 0 Å². The van der Waals surface area contributed by atoms with Crippen molar-refractivity contribution < 1.29 is 4.39 Å². The zero-order chi connectivity index (χ0) is 13.0. The third kappa shape index (κ3) is 3.79. The maximum Gasteiger partial charge on any atom is 0.137 e. The molecule has 2 atom stereocenters. The van der Waals surface area contributed by atoms with Crippen molar-refractivity contribution in [1.82, 2.24) is 5.32 Å². The van der Waals surface area contributed by atoms with Crippen molar-refractivity contribution in [2.75, 3.05) is 0 Å². The van der Waals surface area contributed by atoms with E-state index in [4.69, 9.17) is 0 Å².